The van der Waals surface area contributed by atoms with E-state index in [9.17, 15) is 0 Å². The molecule has 0 bridgehead atoms. The summed E-state index contributed by atoms with van der Waals surface area (Å²) in [4.78, 5) is 6.65. The molecule has 0 amide bonds. The van der Waals surface area contributed by atoms with Crippen molar-refractivity contribution in [3.05, 3.63) is 43.0 Å². The zero-order valence-corrected chi connectivity index (χ0v) is 12.2. The highest BCUT2D eigenvalue weighted by Gasteiger charge is 2.22. The summed E-state index contributed by atoms with van der Waals surface area (Å²) in [5, 5.41) is 6.58. The van der Waals surface area contributed by atoms with Crippen molar-refractivity contribution in [1.29, 1.82) is 0 Å². The quantitative estimate of drug-likeness (QED) is 0.488. The Hall–Kier alpha value is -1.97. The second-order valence-electron chi connectivity index (χ2n) is 5.06. The van der Waals surface area contributed by atoms with Crippen LogP contribution in [0.1, 0.15) is 6.42 Å². The van der Waals surface area contributed by atoms with Crippen molar-refractivity contribution in [2.45, 2.75) is 6.42 Å². The normalized spacial score (nSPS) is 18.9. The largest absolute Gasteiger partial charge is 0.371 e. The summed E-state index contributed by atoms with van der Waals surface area (Å²) in [7, 11) is 1.79. The van der Waals surface area contributed by atoms with E-state index < -0.39 is 0 Å². The van der Waals surface area contributed by atoms with Crippen LogP contribution in [0.2, 0.25) is 0 Å². The Labute approximate surface area is 121 Å². The minimum Gasteiger partial charge on any atom is -0.371 e. The molecule has 108 valence electrons. The smallest absolute Gasteiger partial charge is 0.191 e. The molecule has 1 fully saturated rings. The van der Waals surface area contributed by atoms with E-state index in [0.29, 0.717) is 5.92 Å². The number of para-hydroxylation sites is 1. The maximum absolute atomic E-state index is 4.20. The van der Waals surface area contributed by atoms with Crippen LogP contribution in [-0.4, -0.2) is 39.2 Å². The van der Waals surface area contributed by atoms with Crippen LogP contribution in [0.25, 0.3) is 0 Å². The van der Waals surface area contributed by atoms with Gasteiger partial charge in [0.2, 0.25) is 0 Å². The molecule has 0 aliphatic carbocycles. The van der Waals surface area contributed by atoms with Gasteiger partial charge in [-0.2, -0.15) is 0 Å². The first kappa shape index (κ1) is 14.4. The van der Waals surface area contributed by atoms with E-state index in [1.807, 2.05) is 6.08 Å². The van der Waals surface area contributed by atoms with Crippen LogP contribution in [0.3, 0.4) is 0 Å². The molecular weight excluding hydrogens is 248 g/mol. The molecule has 1 aromatic carbocycles. The lowest BCUT2D eigenvalue weighted by Gasteiger charge is -2.19. The summed E-state index contributed by atoms with van der Waals surface area (Å²) in [5.41, 5.74) is 1.32. The Morgan fingerprint density at radius 1 is 1.40 bits per heavy atom. The van der Waals surface area contributed by atoms with Gasteiger partial charge in [0.1, 0.15) is 0 Å². The van der Waals surface area contributed by atoms with E-state index in [4.69, 9.17) is 0 Å². The van der Waals surface area contributed by atoms with Crippen LogP contribution >= 0.6 is 0 Å². The second kappa shape index (κ2) is 7.58. The Morgan fingerprint density at radius 2 is 2.20 bits per heavy atom. The first-order chi connectivity index (χ1) is 9.83. The fourth-order valence-electron chi connectivity index (χ4n) is 2.50. The molecule has 1 unspecified atom stereocenters. The molecule has 2 rings (SSSR count). The highest BCUT2D eigenvalue weighted by atomic mass is 15.2. The Bertz CT molecular complexity index is 441. The summed E-state index contributed by atoms with van der Waals surface area (Å²) in [5.74, 6) is 1.51. The van der Waals surface area contributed by atoms with Gasteiger partial charge in [-0.15, -0.1) is 6.58 Å². The van der Waals surface area contributed by atoms with E-state index in [-0.39, 0.29) is 0 Å². The molecule has 1 heterocycles. The average molecular weight is 272 g/mol. The van der Waals surface area contributed by atoms with Gasteiger partial charge in [0.25, 0.3) is 0 Å². The van der Waals surface area contributed by atoms with E-state index in [0.717, 1.165) is 32.1 Å². The molecule has 1 aliphatic rings. The predicted octanol–water partition coefficient (Wildman–Crippen LogP) is 1.86. The lowest BCUT2D eigenvalue weighted by atomic mass is 10.1. The number of guanidine groups is 1. The van der Waals surface area contributed by atoms with Gasteiger partial charge in [-0.1, -0.05) is 24.3 Å². The summed E-state index contributed by atoms with van der Waals surface area (Å²) in [6.07, 6.45) is 3.06. The van der Waals surface area contributed by atoms with Gasteiger partial charge >= 0.3 is 0 Å². The van der Waals surface area contributed by atoms with Crippen LogP contribution in [0.15, 0.2) is 48.0 Å². The zero-order chi connectivity index (χ0) is 14.2. The minimum absolute atomic E-state index is 0.664. The lowest BCUT2D eigenvalue weighted by Crippen LogP contribution is -2.40. The fourth-order valence-corrected chi connectivity index (χ4v) is 2.50. The molecule has 0 radical (unpaired) electrons. The maximum Gasteiger partial charge on any atom is 0.191 e. The molecule has 1 atom stereocenters. The zero-order valence-electron chi connectivity index (χ0n) is 12.2. The van der Waals surface area contributed by atoms with Gasteiger partial charge in [0, 0.05) is 38.9 Å². The topological polar surface area (TPSA) is 39.7 Å². The van der Waals surface area contributed by atoms with E-state index in [2.05, 4.69) is 57.4 Å². The van der Waals surface area contributed by atoms with E-state index >= 15 is 0 Å². The van der Waals surface area contributed by atoms with Crippen LogP contribution in [0.5, 0.6) is 0 Å². The number of rotatable bonds is 5. The van der Waals surface area contributed by atoms with E-state index in [1.165, 1.54) is 12.1 Å². The first-order valence-corrected chi connectivity index (χ1v) is 7.19. The third kappa shape index (κ3) is 4.02. The van der Waals surface area contributed by atoms with Crippen molar-refractivity contribution in [1.82, 2.24) is 10.6 Å². The molecule has 1 aliphatic heterocycles. The van der Waals surface area contributed by atoms with Gasteiger partial charge < -0.3 is 15.5 Å². The van der Waals surface area contributed by atoms with Crippen LogP contribution in [0.4, 0.5) is 5.69 Å². The number of aliphatic imine (C=N–C) groups is 1. The summed E-state index contributed by atoms with van der Waals surface area (Å²) in [6, 6.07) is 10.6. The van der Waals surface area contributed by atoms with Crippen molar-refractivity contribution in [3.63, 3.8) is 0 Å². The molecule has 4 heteroatoms. The van der Waals surface area contributed by atoms with Crippen LogP contribution in [-0.2, 0) is 0 Å². The Morgan fingerprint density at radius 3 is 2.90 bits per heavy atom. The van der Waals surface area contributed by atoms with Gasteiger partial charge in [-0.25, -0.2) is 0 Å². The molecule has 0 saturated carbocycles. The SMILES string of the molecule is C=CCNC(=NC)NCC1CCN(c2ccccc2)C1. The monoisotopic (exact) mass is 272 g/mol. The lowest BCUT2D eigenvalue weighted by molar-refractivity contribution is 0.567. The van der Waals surface area contributed by atoms with Gasteiger partial charge in [-0.05, 0) is 24.5 Å². The first-order valence-electron chi connectivity index (χ1n) is 7.19. The number of nitrogens with one attached hydrogen (secondary N) is 2. The standard InChI is InChI=1S/C16H24N4/c1-3-10-18-16(17-2)19-12-14-9-11-20(13-14)15-7-5-4-6-8-15/h3-8,14H,1,9-13H2,2H3,(H2,17,18,19). The molecular formula is C16H24N4. The number of benzene rings is 1. The Kier molecular flexibility index (Phi) is 5.47. The van der Waals surface area contributed by atoms with Crippen molar-refractivity contribution in [2.24, 2.45) is 10.9 Å². The van der Waals surface area contributed by atoms with Gasteiger partial charge in [0.05, 0.1) is 0 Å². The number of hydrogen-bond acceptors (Lipinski definition) is 2. The number of hydrogen-bond donors (Lipinski definition) is 2. The third-order valence-corrected chi connectivity index (χ3v) is 3.60. The highest BCUT2D eigenvalue weighted by Crippen LogP contribution is 2.22. The summed E-state index contributed by atoms with van der Waals surface area (Å²) in [6.45, 7) is 7.63. The fraction of sp³-hybridized carbons (Fsp3) is 0.438. The summed E-state index contributed by atoms with van der Waals surface area (Å²) >= 11 is 0. The van der Waals surface area contributed by atoms with Crippen LogP contribution in [0, 0.1) is 5.92 Å². The molecule has 4 nitrogen and oxygen atoms in total. The molecule has 2 N–H and O–H groups in total. The van der Waals surface area contributed by atoms with Crippen molar-refractivity contribution in [2.75, 3.05) is 38.1 Å². The van der Waals surface area contributed by atoms with Crippen molar-refractivity contribution < 1.29 is 0 Å². The van der Waals surface area contributed by atoms with Crippen molar-refractivity contribution in [3.8, 4) is 0 Å². The maximum atomic E-state index is 4.20. The second-order valence-corrected chi connectivity index (χ2v) is 5.06. The number of nitrogens with zero attached hydrogens (tertiary/aromatic N) is 2. The molecule has 20 heavy (non-hydrogen) atoms. The summed E-state index contributed by atoms with van der Waals surface area (Å²) < 4.78 is 0. The predicted molar refractivity (Wildman–Crippen MR) is 86.3 cm³/mol. The van der Waals surface area contributed by atoms with Crippen LogP contribution < -0.4 is 15.5 Å². The van der Waals surface area contributed by atoms with Gasteiger partial charge in [0.15, 0.2) is 5.96 Å². The average Bonchev–Trinajstić information content (AvgIpc) is 2.97. The molecule has 1 saturated heterocycles. The Balaban J connectivity index is 1.77. The third-order valence-electron chi connectivity index (χ3n) is 3.60. The van der Waals surface area contributed by atoms with Gasteiger partial charge in [-0.3, -0.25) is 4.99 Å². The minimum atomic E-state index is 0.664. The number of anilines is 1. The molecule has 1 aromatic rings. The highest BCUT2D eigenvalue weighted by molar-refractivity contribution is 5.79. The molecule has 0 aromatic heterocycles. The van der Waals surface area contributed by atoms with E-state index in [1.54, 1.807) is 7.05 Å². The molecule has 0 spiro atoms. The van der Waals surface area contributed by atoms with Crippen molar-refractivity contribution >= 4 is 11.6 Å².